The first-order chi connectivity index (χ1) is 19.1. The van der Waals surface area contributed by atoms with E-state index < -0.39 is 17.9 Å². The van der Waals surface area contributed by atoms with Crippen LogP contribution in [0.1, 0.15) is 65.9 Å². The molecule has 40 heavy (non-hydrogen) atoms. The van der Waals surface area contributed by atoms with Gasteiger partial charge in [-0.2, -0.15) is 5.10 Å². The van der Waals surface area contributed by atoms with Crippen LogP contribution in [0.4, 0.5) is 0 Å². The van der Waals surface area contributed by atoms with Crippen molar-refractivity contribution in [2.75, 3.05) is 6.61 Å². The van der Waals surface area contributed by atoms with Crippen molar-refractivity contribution in [1.82, 2.24) is 9.78 Å². The van der Waals surface area contributed by atoms with Crippen LogP contribution in [0.25, 0.3) is 11.3 Å². The Morgan fingerprint density at radius 1 is 0.900 bits per heavy atom. The van der Waals surface area contributed by atoms with Gasteiger partial charge < -0.3 is 19.7 Å². The predicted molar refractivity (Wildman–Crippen MR) is 148 cm³/mol. The van der Waals surface area contributed by atoms with Crippen molar-refractivity contribution >= 4 is 17.9 Å². The van der Waals surface area contributed by atoms with Gasteiger partial charge in [-0.05, 0) is 79.8 Å². The number of ether oxygens (including phenoxy) is 2. The van der Waals surface area contributed by atoms with Gasteiger partial charge in [-0.3, -0.25) is 4.68 Å². The first kappa shape index (κ1) is 28.1. The number of carbonyl (C=O) groups excluding carboxylic acids is 1. The van der Waals surface area contributed by atoms with Gasteiger partial charge >= 0.3 is 17.9 Å². The fraction of sp³-hybridized carbons (Fsp3) is 0.226. The zero-order valence-electron chi connectivity index (χ0n) is 22.7. The summed E-state index contributed by atoms with van der Waals surface area (Å²) in [7, 11) is 1.71. The molecule has 206 valence electrons. The summed E-state index contributed by atoms with van der Waals surface area (Å²) in [5, 5.41) is 23.4. The summed E-state index contributed by atoms with van der Waals surface area (Å²) in [4.78, 5) is 35.5. The van der Waals surface area contributed by atoms with E-state index in [9.17, 15) is 24.6 Å². The van der Waals surface area contributed by atoms with Crippen molar-refractivity contribution in [2.24, 2.45) is 7.05 Å². The second kappa shape index (κ2) is 11.9. The van der Waals surface area contributed by atoms with E-state index in [0.717, 1.165) is 27.8 Å². The molecule has 0 aliphatic heterocycles. The van der Waals surface area contributed by atoms with E-state index in [0.29, 0.717) is 29.1 Å². The predicted octanol–water partition coefficient (Wildman–Crippen LogP) is 5.45. The Morgan fingerprint density at radius 3 is 2.27 bits per heavy atom. The summed E-state index contributed by atoms with van der Waals surface area (Å²) < 4.78 is 12.9. The molecule has 9 nitrogen and oxygen atoms in total. The van der Waals surface area contributed by atoms with Crippen LogP contribution in [0.2, 0.25) is 0 Å². The van der Waals surface area contributed by atoms with Crippen LogP contribution in [-0.2, 0) is 24.8 Å². The minimum absolute atomic E-state index is 0.0435. The number of carbonyl (C=O) groups is 3. The maximum absolute atomic E-state index is 12.4. The fourth-order valence-electron chi connectivity index (χ4n) is 4.64. The molecule has 2 N–H and O–H groups in total. The Hall–Kier alpha value is -4.92. The standard InChI is InChI=1S/C31H30N2O7/c1-5-39-31(38)28-19(3)27(32-33(28)4)22-12-13-26(18(2)14-22)40-17-24-9-7-6-8-20(24)15-21-10-11-23(29(34)35)16-25(21)30(36)37/h6-14,16H,5,15,17H2,1-4H3,(H,34,35)(H,36,37). The van der Waals surface area contributed by atoms with E-state index in [1.54, 1.807) is 20.0 Å². The van der Waals surface area contributed by atoms with E-state index in [1.807, 2.05) is 56.3 Å². The third-order valence-corrected chi connectivity index (χ3v) is 6.67. The summed E-state index contributed by atoms with van der Waals surface area (Å²) in [6.45, 7) is 6.07. The van der Waals surface area contributed by atoms with Gasteiger partial charge in [0.2, 0.25) is 0 Å². The van der Waals surface area contributed by atoms with Gasteiger partial charge in [-0.1, -0.05) is 30.3 Å². The van der Waals surface area contributed by atoms with Crippen molar-refractivity contribution in [3.63, 3.8) is 0 Å². The quantitative estimate of drug-likeness (QED) is 0.253. The molecule has 4 aromatic rings. The average molecular weight is 543 g/mol. The molecule has 4 rings (SSSR count). The highest BCUT2D eigenvalue weighted by Gasteiger charge is 2.21. The molecule has 0 saturated heterocycles. The van der Waals surface area contributed by atoms with Gasteiger partial charge in [0.05, 0.1) is 23.4 Å². The minimum atomic E-state index is -1.18. The first-order valence-electron chi connectivity index (χ1n) is 12.7. The molecule has 0 bridgehead atoms. The highest BCUT2D eigenvalue weighted by atomic mass is 16.5. The fourth-order valence-corrected chi connectivity index (χ4v) is 4.64. The number of nitrogens with zero attached hydrogens (tertiary/aromatic N) is 2. The van der Waals surface area contributed by atoms with Crippen LogP contribution in [0.3, 0.4) is 0 Å². The third kappa shape index (κ3) is 5.88. The zero-order valence-corrected chi connectivity index (χ0v) is 22.7. The lowest BCUT2D eigenvalue weighted by Gasteiger charge is -2.14. The second-order valence-electron chi connectivity index (χ2n) is 9.36. The topological polar surface area (TPSA) is 128 Å². The van der Waals surface area contributed by atoms with Crippen molar-refractivity contribution < 1.29 is 34.1 Å². The number of hydrogen-bond acceptors (Lipinski definition) is 6. The van der Waals surface area contributed by atoms with Gasteiger partial charge in [-0.15, -0.1) is 0 Å². The van der Waals surface area contributed by atoms with Gasteiger partial charge in [0.1, 0.15) is 18.1 Å². The lowest BCUT2D eigenvalue weighted by Crippen LogP contribution is -2.11. The Labute approximate surface area is 231 Å². The molecule has 0 saturated carbocycles. The van der Waals surface area contributed by atoms with Gasteiger partial charge in [0, 0.05) is 18.2 Å². The maximum atomic E-state index is 12.4. The summed E-state index contributed by atoms with van der Waals surface area (Å²) in [5.74, 6) is -2.10. The highest BCUT2D eigenvalue weighted by molar-refractivity contribution is 5.95. The largest absolute Gasteiger partial charge is 0.489 e. The Morgan fingerprint density at radius 2 is 1.62 bits per heavy atom. The Balaban J connectivity index is 1.54. The lowest BCUT2D eigenvalue weighted by atomic mass is 9.95. The highest BCUT2D eigenvalue weighted by Crippen LogP contribution is 2.30. The van der Waals surface area contributed by atoms with E-state index >= 15 is 0 Å². The molecule has 0 radical (unpaired) electrons. The summed E-state index contributed by atoms with van der Waals surface area (Å²) in [6.07, 6.45) is 0.306. The van der Waals surface area contributed by atoms with E-state index in [2.05, 4.69) is 5.10 Å². The molecule has 0 aliphatic rings. The molecule has 0 unspecified atom stereocenters. The number of aryl methyl sites for hydroxylation is 2. The van der Waals surface area contributed by atoms with E-state index in [-0.39, 0.29) is 24.3 Å². The smallest absolute Gasteiger partial charge is 0.356 e. The lowest BCUT2D eigenvalue weighted by molar-refractivity contribution is 0.0511. The number of hydrogen-bond donors (Lipinski definition) is 2. The first-order valence-corrected chi connectivity index (χ1v) is 12.7. The van der Waals surface area contributed by atoms with Crippen molar-refractivity contribution in [2.45, 2.75) is 33.8 Å². The van der Waals surface area contributed by atoms with Gasteiger partial charge in [0.25, 0.3) is 0 Å². The number of aromatic nitrogens is 2. The number of benzene rings is 3. The number of esters is 1. The monoisotopic (exact) mass is 542 g/mol. The molecular formula is C31H30N2O7. The van der Waals surface area contributed by atoms with Crippen LogP contribution in [0.15, 0.2) is 60.7 Å². The molecule has 0 aliphatic carbocycles. The van der Waals surface area contributed by atoms with Crippen molar-refractivity contribution in [3.05, 3.63) is 105 Å². The minimum Gasteiger partial charge on any atom is -0.489 e. The zero-order chi connectivity index (χ0) is 29.0. The molecule has 1 heterocycles. The summed E-state index contributed by atoms with van der Waals surface area (Å²) in [5.41, 5.74) is 5.72. The van der Waals surface area contributed by atoms with Crippen molar-refractivity contribution in [3.8, 4) is 17.0 Å². The number of carboxylic acid groups (broad SMARTS) is 2. The maximum Gasteiger partial charge on any atom is 0.356 e. The van der Waals surface area contributed by atoms with Crippen molar-refractivity contribution in [1.29, 1.82) is 0 Å². The summed E-state index contributed by atoms with van der Waals surface area (Å²) in [6, 6.07) is 17.4. The van der Waals surface area contributed by atoms with Crippen LogP contribution in [0.5, 0.6) is 5.75 Å². The summed E-state index contributed by atoms with van der Waals surface area (Å²) >= 11 is 0. The number of carboxylic acids is 2. The van der Waals surface area contributed by atoms with Crippen LogP contribution in [-0.4, -0.2) is 44.5 Å². The van der Waals surface area contributed by atoms with E-state index in [4.69, 9.17) is 9.47 Å². The number of rotatable bonds is 10. The molecule has 0 fully saturated rings. The SMILES string of the molecule is CCOC(=O)c1c(C)c(-c2ccc(OCc3ccccc3Cc3ccc(C(=O)O)cc3C(=O)O)c(C)c2)nn1C. The molecule has 0 atom stereocenters. The molecular weight excluding hydrogens is 512 g/mol. The number of aromatic carboxylic acids is 2. The molecule has 9 heteroatoms. The average Bonchev–Trinajstić information content (AvgIpc) is 3.22. The Bertz CT molecular complexity index is 1600. The van der Waals surface area contributed by atoms with Gasteiger partial charge in [-0.25, -0.2) is 14.4 Å². The molecule has 0 spiro atoms. The normalized spacial score (nSPS) is 10.8. The molecule has 1 aromatic heterocycles. The Kier molecular flexibility index (Phi) is 8.33. The van der Waals surface area contributed by atoms with Gasteiger partial charge in [0.15, 0.2) is 0 Å². The van der Waals surface area contributed by atoms with E-state index in [1.165, 1.54) is 16.8 Å². The third-order valence-electron chi connectivity index (χ3n) is 6.67. The van der Waals surface area contributed by atoms with Crippen LogP contribution < -0.4 is 4.74 Å². The second-order valence-corrected chi connectivity index (χ2v) is 9.36. The van der Waals surface area contributed by atoms with Crippen LogP contribution in [0, 0.1) is 13.8 Å². The molecule has 0 amide bonds. The van der Waals surface area contributed by atoms with Crippen LogP contribution >= 0.6 is 0 Å². The molecule has 3 aromatic carbocycles.